The van der Waals surface area contributed by atoms with Crippen LogP contribution in [0.25, 0.3) is 0 Å². The van der Waals surface area contributed by atoms with Gasteiger partial charge in [0, 0.05) is 11.7 Å². The van der Waals surface area contributed by atoms with Crippen LogP contribution in [0.5, 0.6) is 0 Å². The zero-order valence-corrected chi connectivity index (χ0v) is 9.83. The third kappa shape index (κ3) is 2.98. The van der Waals surface area contributed by atoms with Crippen LogP contribution in [0.2, 0.25) is 0 Å². The third-order valence-electron chi connectivity index (χ3n) is 3.15. The number of nitrogens with one attached hydrogen (secondary N) is 1. The van der Waals surface area contributed by atoms with Crippen molar-refractivity contribution in [3.05, 3.63) is 40.3 Å². The summed E-state index contributed by atoms with van der Waals surface area (Å²) in [5.74, 6) is -0.751. The van der Waals surface area contributed by atoms with Crippen molar-refractivity contribution in [3.8, 4) is 0 Å². The molecule has 0 unspecified atom stereocenters. The predicted octanol–water partition coefficient (Wildman–Crippen LogP) is 2.62. The Morgan fingerprint density at radius 3 is 2.26 bits per heavy atom. The van der Waals surface area contributed by atoms with Gasteiger partial charge in [0.1, 0.15) is 5.54 Å². The molecule has 0 radical (unpaired) electrons. The average molecular weight is 272 g/mol. The van der Waals surface area contributed by atoms with E-state index in [1.165, 1.54) is 12.1 Å². The number of amides is 1. The Hall–Kier alpha value is -1.76. The van der Waals surface area contributed by atoms with E-state index in [2.05, 4.69) is 10.5 Å². The summed E-state index contributed by atoms with van der Waals surface area (Å²) in [5.41, 5.74) is -1.01. The number of halogens is 3. The van der Waals surface area contributed by atoms with Gasteiger partial charge in [-0.1, -0.05) is 12.1 Å². The average Bonchev–Trinajstić information content (AvgIpc) is 3.16. The van der Waals surface area contributed by atoms with E-state index in [0.29, 0.717) is 18.4 Å². The van der Waals surface area contributed by atoms with E-state index in [4.69, 9.17) is 0 Å². The molecule has 1 aromatic rings. The van der Waals surface area contributed by atoms with Gasteiger partial charge in [-0.3, -0.25) is 10.1 Å². The molecule has 0 heterocycles. The molecule has 0 aromatic heterocycles. The van der Waals surface area contributed by atoms with Crippen LogP contribution in [0.3, 0.4) is 0 Å². The van der Waals surface area contributed by atoms with E-state index in [0.717, 1.165) is 12.1 Å². The molecular formula is C12H11F3N2O2. The van der Waals surface area contributed by atoms with Gasteiger partial charge in [-0.05, 0) is 30.5 Å². The minimum Gasteiger partial charge on any atom is -0.299 e. The second-order valence-corrected chi connectivity index (χ2v) is 4.53. The van der Waals surface area contributed by atoms with Crippen LogP contribution in [-0.2, 0) is 17.5 Å². The SMILES string of the molecule is O=NC(=O)C1(NCc2ccc(C(F)(F)F)cc2)CC1. The van der Waals surface area contributed by atoms with Crippen LogP contribution >= 0.6 is 0 Å². The standard InChI is InChI=1S/C12H11F3N2O2/c13-12(14,15)9-3-1-8(2-4-9)7-16-11(5-6-11)10(18)17-19/h1-4,16H,5-7H2. The van der Waals surface area contributed by atoms with E-state index < -0.39 is 23.2 Å². The minimum atomic E-state index is -4.36. The Kier molecular flexibility index (Phi) is 3.40. The highest BCUT2D eigenvalue weighted by molar-refractivity contribution is 5.89. The lowest BCUT2D eigenvalue weighted by atomic mass is 10.1. The smallest absolute Gasteiger partial charge is 0.299 e. The fourth-order valence-electron chi connectivity index (χ4n) is 1.76. The summed E-state index contributed by atoms with van der Waals surface area (Å²) in [7, 11) is 0. The molecule has 0 atom stereocenters. The molecular weight excluding hydrogens is 261 g/mol. The second-order valence-electron chi connectivity index (χ2n) is 4.53. The van der Waals surface area contributed by atoms with Gasteiger partial charge in [0.25, 0.3) is 0 Å². The number of alkyl halides is 3. The Labute approximate surface area is 107 Å². The van der Waals surface area contributed by atoms with Crippen LogP contribution in [0.15, 0.2) is 29.4 Å². The van der Waals surface area contributed by atoms with Gasteiger partial charge in [-0.2, -0.15) is 13.2 Å². The fourth-order valence-corrected chi connectivity index (χ4v) is 1.76. The number of hydrogen-bond acceptors (Lipinski definition) is 3. The van der Waals surface area contributed by atoms with Crippen molar-refractivity contribution in [3.63, 3.8) is 0 Å². The highest BCUT2D eigenvalue weighted by Crippen LogP contribution is 2.37. The lowest BCUT2D eigenvalue weighted by molar-refractivity contribution is -0.137. The van der Waals surface area contributed by atoms with Crippen LogP contribution in [0.1, 0.15) is 24.0 Å². The van der Waals surface area contributed by atoms with Crippen molar-refractivity contribution in [2.75, 3.05) is 0 Å². The Bertz CT molecular complexity index is 493. The lowest BCUT2D eigenvalue weighted by Crippen LogP contribution is -2.37. The number of nitrogens with zero attached hydrogens (tertiary/aromatic N) is 1. The first-order chi connectivity index (χ1) is 8.87. The van der Waals surface area contributed by atoms with Crippen molar-refractivity contribution >= 4 is 5.91 Å². The maximum absolute atomic E-state index is 12.3. The summed E-state index contributed by atoms with van der Waals surface area (Å²) in [5, 5.41) is 5.25. The van der Waals surface area contributed by atoms with E-state index in [1.54, 1.807) is 0 Å². The van der Waals surface area contributed by atoms with Gasteiger partial charge >= 0.3 is 12.1 Å². The van der Waals surface area contributed by atoms with Crippen molar-refractivity contribution < 1.29 is 18.0 Å². The highest BCUT2D eigenvalue weighted by atomic mass is 19.4. The molecule has 0 saturated heterocycles. The molecule has 1 aliphatic rings. The summed E-state index contributed by atoms with van der Waals surface area (Å²) >= 11 is 0. The third-order valence-corrected chi connectivity index (χ3v) is 3.15. The largest absolute Gasteiger partial charge is 0.416 e. The second kappa shape index (κ2) is 4.73. The van der Waals surface area contributed by atoms with Crippen molar-refractivity contribution in [1.29, 1.82) is 0 Å². The monoisotopic (exact) mass is 272 g/mol. The van der Waals surface area contributed by atoms with Crippen molar-refractivity contribution in [1.82, 2.24) is 5.32 Å². The Morgan fingerprint density at radius 2 is 1.84 bits per heavy atom. The van der Waals surface area contributed by atoms with Gasteiger partial charge in [-0.25, -0.2) is 0 Å². The molecule has 7 heteroatoms. The number of carbonyl (C=O) groups is 1. The zero-order valence-electron chi connectivity index (χ0n) is 9.83. The fraction of sp³-hybridized carbons (Fsp3) is 0.417. The van der Waals surface area contributed by atoms with E-state index in [9.17, 15) is 22.9 Å². The van der Waals surface area contributed by atoms with E-state index in [-0.39, 0.29) is 6.54 Å². The number of hydrogen-bond donors (Lipinski definition) is 1. The van der Waals surface area contributed by atoms with E-state index in [1.807, 2.05) is 0 Å². The van der Waals surface area contributed by atoms with Crippen LogP contribution in [-0.4, -0.2) is 11.4 Å². The van der Waals surface area contributed by atoms with E-state index >= 15 is 0 Å². The molecule has 1 saturated carbocycles. The molecule has 2 rings (SSSR count). The van der Waals surface area contributed by atoms with Gasteiger partial charge in [0.2, 0.25) is 0 Å². The topological polar surface area (TPSA) is 58.5 Å². The number of rotatable bonds is 4. The van der Waals surface area contributed by atoms with Crippen molar-refractivity contribution in [2.45, 2.75) is 31.1 Å². The predicted molar refractivity (Wildman–Crippen MR) is 61.1 cm³/mol. The molecule has 0 aliphatic heterocycles. The molecule has 0 spiro atoms. The molecule has 0 bridgehead atoms. The molecule has 1 fully saturated rings. The minimum absolute atomic E-state index is 0.222. The van der Waals surface area contributed by atoms with Gasteiger partial charge < -0.3 is 0 Å². The number of nitroso groups, excluding NO2 is 1. The number of benzene rings is 1. The summed E-state index contributed by atoms with van der Waals surface area (Å²) in [6, 6.07) is 4.64. The molecule has 1 amide bonds. The zero-order chi connectivity index (χ0) is 14.1. The Balaban J connectivity index is 1.98. The maximum atomic E-state index is 12.3. The lowest BCUT2D eigenvalue weighted by Gasteiger charge is -2.12. The Morgan fingerprint density at radius 1 is 1.26 bits per heavy atom. The summed E-state index contributed by atoms with van der Waals surface area (Å²) < 4.78 is 37.0. The molecule has 1 aliphatic carbocycles. The van der Waals surface area contributed by atoms with Gasteiger partial charge in [0.05, 0.1) is 5.56 Å². The van der Waals surface area contributed by atoms with Crippen LogP contribution in [0, 0.1) is 4.91 Å². The van der Waals surface area contributed by atoms with Crippen LogP contribution < -0.4 is 5.32 Å². The summed E-state index contributed by atoms with van der Waals surface area (Å²) in [6.45, 7) is 0.222. The first-order valence-electron chi connectivity index (χ1n) is 5.66. The van der Waals surface area contributed by atoms with Gasteiger partial charge in [0.15, 0.2) is 0 Å². The number of carbonyl (C=O) groups excluding carboxylic acids is 1. The normalized spacial score (nSPS) is 17.0. The first kappa shape index (κ1) is 13.7. The maximum Gasteiger partial charge on any atom is 0.416 e. The van der Waals surface area contributed by atoms with Gasteiger partial charge in [-0.15, -0.1) is 4.91 Å². The molecule has 102 valence electrons. The van der Waals surface area contributed by atoms with Crippen LogP contribution in [0.4, 0.5) is 13.2 Å². The molecule has 19 heavy (non-hydrogen) atoms. The molecule has 1 N–H and O–H groups in total. The summed E-state index contributed by atoms with van der Waals surface area (Å²) in [6.07, 6.45) is -3.31. The molecule has 4 nitrogen and oxygen atoms in total. The highest BCUT2D eigenvalue weighted by Gasteiger charge is 2.50. The quantitative estimate of drug-likeness (QED) is 0.857. The first-order valence-corrected chi connectivity index (χ1v) is 5.66. The molecule has 1 aromatic carbocycles. The van der Waals surface area contributed by atoms with Crippen molar-refractivity contribution in [2.24, 2.45) is 5.18 Å². The summed E-state index contributed by atoms with van der Waals surface area (Å²) in [4.78, 5) is 21.4.